The second-order valence-corrected chi connectivity index (χ2v) is 10.9. The van der Waals surface area contributed by atoms with E-state index in [4.69, 9.17) is 0 Å². The monoisotopic (exact) mass is 605 g/mol. The lowest BCUT2D eigenvalue weighted by molar-refractivity contribution is -0.138. The number of nitrogens with one attached hydrogen (secondary N) is 1. The number of carbonyl (C=O) groups is 1. The number of carbonyl (C=O) groups excluding carboxylic acids is 1. The quantitative estimate of drug-likeness (QED) is 0.331. The van der Waals surface area contributed by atoms with Gasteiger partial charge in [0.05, 0.1) is 11.1 Å². The Balaban J connectivity index is 1.03. The van der Waals surface area contributed by atoms with Gasteiger partial charge in [-0.3, -0.25) is 9.80 Å². The fourth-order valence-corrected chi connectivity index (χ4v) is 5.35. The zero-order valence-corrected chi connectivity index (χ0v) is 23.5. The molecule has 6 nitrogen and oxygen atoms in total. The molecular weight excluding hydrogens is 572 g/mol. The van der Waals surface area contributed by atoms with Crippen molar-refractivity contribution in [2.45, 2.75) is 25.4 Å². The van der Waals surface area contributed by atoms with Crippen LogP contribution >= 0.6 is 0 Å². The molecular formula is C31H33F6N5O. The molecule has 5 rings (SSSR count). The number of anilines is 2. The number of hydrogen-bond acceptors (Lipinski definition) is 4. The van der Waals surface area contributed by atoms with Crippen LogP contribution in [0, 0.1) is 0 Å². The van der Waals surface area contributed by atoms with E-state index in [-0.39, 0.29) is 6.03 Å². The molecule has 0 saturated carbocycles. The number of piperazine rings is 2. The smallest absolute Gasteiger partial charge is 0.369 e. The van der Waals surface area contributed by atoms with E-state index >= 15 is 0 Å². The van der Waals surface area contributed by atoms with E-state index < -0.39 is 23.5 Å². The predicted octanol–water partition coefficient (Wildman–Crippen LogP) is 6.40. The van der Waals surface area contributed by atoms with Crippen LogP contribution < -0.4 is 10.2 Å². The van der Waals surface area contributed by atoms with E-state index in [1.807, 2.05) is 24.3 Å². The Morgan fingerprint density at radius 2 is 1.00 bits per heavy atom. The van der Waals surface area contributed by atoms with E-state index in [1.54, 1.807) is 4.90 Å². The molecule has 0 atom stereocenters. The van der Waals surface area contributed by atoms with Gasteiger partial charge in [-0.1, -0.05) is 24.3 Å². The summed E-state index contributed by atoms with van der Waals surface area (Å²) in [7, 11) is 0. The van der Waals surface area contributed by atoms with Crippen molar-refractivity contribution in [1.29, 1.82) is 0 Å². The maximum absolute atomic E-state index is 12.8. The summed E-state index contributed by atoms with van der Waals surface area (Å²) < 4.78 is 76.8. The number of benzene rings is 3. The lowest BCUT2D eigenvalue weighted by Crippen LogP contribution is -2.49. The Morgan fingerprint density at radius 1 is 0.581 bits per heavy atom. The third-order valence-electron chi connectivity index (χ3n) is 7.89. The molecule has 0 radical (unpaired) electrons. The summed E-state index contributed by atoms with van der Waals surface area (Å²) in [6, 6.07) is 17.9. The van der Waals surface area contributed by atoms with Crippen LogP contribution in [-0.4, -0.2) is 73.1 Å². The summed E-state index contributed by atoms with van der Waals surface area (Å²) >= 11 is 0. The molecule has 230 valence electrons. The Labute approximate surface area is 246 Å². The second-order valence-electron chi connectivity index (χ2n) is 10.9. The van der Waals surface area contributed by atoms with Gasteiger partial charge in [0.25, 0.3) is 0 Å². The number of nitrogens with zero attached hydrogens (tertiary/aromatic N) is 4. The molecule has 2 aliphatic rings. The summed E-state index contributed by atoms with van der Waals surface area (Å²) in [6.45, 7) is 6.53. The average molecular weight is 606 g/mol. The van der Waals surface area contributed by atoms with Crippen molar-refractivity contribution in [2.75, 3.05) is 62.6 Å². The maximum atomic E-state index is 12.8. The van der Waals surface area contributed by atoms with E-state index in [1.165, 1.54) is 24.3 Å². The third kappa shape index (κ3) is 8.20. The third-order valence-corrected chi connectivity index (χ3v) is 7.89. The van der Waals surface area contributed by atoms with Gasteiger partial charge >= 0.3 is 18.4 Å². The molecule has 2 aliphatic heterocycles. The molecule has 43 heavy (non-hydrogen) atoms. The van der Waals surface area contributed by atoms with Gasteiger partial charge in [0.2, 0.25) is 0 Å². The minimum Gasteiger partial charge on any atom is -0.369 e. The Bertz CT molecular complexity index is 1340. The molecule has 2 amide bonds. The van der Waals surface area contributed by atoms with Crippen molar-refractivity contribution in [1.82, 2.24) is 14.7 Å². The van der Waals surface area contributed by atoms with Crippen molar-refractivity contribution in [3.8, 4) is 0 Å². The topological polar surface area (TPSA) is 42.1 Å². The van der Waals surface area contributed by atoms with Crippen LogP contribution in [0.25, 0.3) is 0 Å². The lowest BCUT2D eigenvalue weighted by Gasteiger charge is -2.36. The van der Waals surface area contributed by atoms with Crippen molar-refractivity contribution in [3.05, 3.63) is 95.1 Å². The molecule has 2 saturated heterocycles. The fraction of sp³-hybridized carbons (Fsp3) is 0.387. The zero-order valence-electron chi connectivity index (χ0n) is 23.5. The Hall–Kier alpha value is -3.77. The highest BCUT2D eigenvalue weighted by atomic mass is 19.4. The predicted molar refractivity (Wildman–Crippen MR) is 153 cm³/mol. The minimum absolute atomic E-state index is 0.196. The number of urea groups is 1. The lowest BCUT2D eigenvalue weighted by atomic mass is 10.1. The first-order valence-electron chi connectivity index (χ1n) is 14.1. The van der Waals surface area contributed by atoms with Crippen LogP contribution in [0.1, 0.15) is 22.3 Å². The van der Waals surface area contributed by atoms with Gasteiger partial charge in [-0.2, -0.15) is 26.3 Å². The van der Waals surface area contributed by atoms with Crippen LogP contribution in [0.4, 0.5) is 42.5 Å². The van der Waals surface area contributed by atoms with E-state index in [9.17, 15) is 31.1 Å². The van der Waals surface area contributed by atoms with Gasteiger partial charge in [0.15, 0.2) is 0 Å². The Kier molecular flexibility index (Phi) is 9.16. The SMILES string of the molecule is O=C(Nc1ccc(N2CCN(Cc3ccc(C(F)(F)F)cc3)CC2)cc1)N1CCN(Cc2ccc(C(F)(F)F)cc2)CC1. The van der Waals surface area contributed by atoms with Gasteiger partial charge in [0.1, 0.15) is 0 Å². The van der Waals surface area contributed by atoms with E-state index in [2.05, 4.69) is 20.0 Å². The number of amides is 2. The first-order chi connectivity index (χ1) is 20.4. The van der Waals surface area contributed by atoms with Crippen LogP contribution in [0.2, 0.25) is 0 Å². The maximum Gasteiger partial charge on any atom is 0.416 e. The highest BCUT2D eigenvalue weighted by Crippen LogP contribution is 2.30. The standard InChI is InChI=1S/C31H33F6N5O/c32-30(33,34)25-5-1-23(2-6-25)21-39-13-17-41(18-14-39)28-11-9-27(10-12-28)38-29(43)42-19-15-40(16-20-42)22-24-3-7-26(8-4-24)31(35,36)37/h1-12H,13-22H2,(H,38,43). The van der Waals surface area contributed by atoms with Crippen molar-refractivity contribution in [2.24, 2.45) is 0 Å². The number of rotatable bonds is 6. The largest absolute Gasteiger partial charge is 0.416 e. The zero-order chi connectivity index (χ0) is 30.6. The summed E-state index contributed by atoms with van der Waals surface area (Å²) in [4.78, 5) is 21.1. The minimum atomic E-state index is -4.35. The highest BCUT2D eigenvalue weighted by Gasteiger charge is 2.31. The second kappa shape index (κ2) is 12.8. The summed E-state index contributed by atoms with van der Waals surface area (Å²) in [6.07, 6.45) is -8.68. The summed E-state index contributed by atoms with van der Waals surface area (Å²) in [5, 5.41) is 2.94. The molecule has 2 heterocycles. The highest BCUT2D eigenvalue weighted by molar-refractivity contribution is 5.89. The molecule has 0 unspecified atom stereocenters. The van der Waals surface area contributed by atoms with Crippen LogP contribution in [0.5, 0.6) is 0 Å². The number of halogens is 6. The van der Waals surface area contributed by atoms with E-state index in [0.717, 1.165) is 67.3 Å². The molecule has 0 bridgehead atoms. The number of hydrogen-bond donors (Lipinski definition) is 1. The van der Waals surface area contributed by atoms with Crippen molar-refractivity contribution < 1.29 is 31.1 Å². The molecule has 12 heteroatoms. The van der Waals surface area contributed by atoms with Crippen LogP contribution in [0.15, 0.2) is 72.8 Å². The molecule has 2 fully saturated rings. The van der Waals surface area contributed by atoms with E-state index in [0.29, 0.717) is 45.0 Å². The van der Waals surface area contributed by atoms with Gasteiger partial charge < -0.3 is 15.1 Å². The molecule has 0 aromatic heterocycles. The normalized spacial score (nSPS) is 17.3. The van der Waals surface area contributed by atoms with Gasteiger partial charge in [-0.25, -0.2) is 4.79 Å². The van der Waals surface area contributed by atoms with Crippen molar-refractivity contribution >= 4 is 17.4 Å². The van der Waals surface area contributed by atoms with Crippen molar-refractivity contribution in [3.63, 3.8) is 0 Å². The number of alkyl halides is 6. The van der Waals surface area contributed by atoms with Gasteiger partial charge in [-0.15, -0.1) is 0 Å². The van der Waals surface area contributed by atoms with Gasteiger partial charge in [0, 0.05) is 76.8 Å². The van der Waals surface area contributed by atoms with Gasteiger partial charge in [-0.05, 0) is 59.7 Å². The molecule has 3 aromatic rings. The molecule has 0 spiro atoms. The molecule has 1 N–H and O–H groups in total. The first-order valence-corrected chi connectivity index (χ1v) is 14.1. The van der Waals surface area contributed by atoms with Crippen LogP contribution in [-0.2, 0) is 25.4 Å². The molecule has 0 aliphatic carbocycles. The summed E-state index contributed by atoms with van der Waals surface area (Å²) in [5.41, 5.74) is 2.06. The average Bonchev–Trinajstić information content (AvgIpc) is 2.98. The molecule has 3 aromatic carbocycles. The first kappa shape index (κ1) is 30.7. The van der Waals surface area contributed by atoms with Crippen LogP contribution in [0.3, 0.4) is 0 Å². The fourth-order valence-electron chi connectivity index (χ4n) is 5.35. The summed E-state index contributed by atoms with van der Waals surface area (Å²) in [5.74, 6) is 0. The Morgan fingerprint density at radius 3 is 1.42 bits per heavy atom.